The Morgan fingerprint density at radius 3 is 2.50 bits per heavy atom. The Kier molecular flexibility index (Phi) is 6.47. The van der Waals surface area contributed by atoms with Gasteiger partial charge in [0, 0.05) is 13.6 Å². The molecule has 0 spiro atoms. The third-order valence-corrected chi connectivity index (χ3v) is 5.74. The summed E-state index contributed by atoms with van der Waals surface area (Å²) in [6.07, 6.45) is 3.74. The highest BCUT2D eigenvalue weighted by Crippen LogP contribution is 2.27. The highest BCUT2D eigenvalue weighted by Gasteiger charge is 2.19. The van der Waals surface area contributed by atoms with Gasteiger partial charge in [-0.2, -0.15) is 0 Å². The van der Waals surface area contributed by atoms with Gasteiger partial charge < -0.3 is 9.64 Å². The molecule has 7 heteroatoms. The van der Waals surface area contributed by atoms with E-state index in [1.54, 1.807) is 38.4 Å². The highest BCUT2D eigenvalue weighted by atomic mass is 32.2. The lowest BCUT2D eigenvalue weighted by atomic mass is 10.1. The molecule has 2 rings (SSSR count). The van der Waals surface area contributed by atoms with E-state index in [4.69, 9.17) is 4.74 Å². The smallest absolute Gasteiger partial charge is 0.262 e. The number of aryl methyl sites for hydroxylation is 2. The van der Waals surface area contributed by atoms with Gasteiger partial charge in [-0.3, -0.25) is 4.72 Å². The van der Waals surface area contributed by atoms with Crippen LogP contribution >= 0.6 is 0 Å². The first-order valence-electron chi connectivity index (χ1n) is 8.63. The number of rotatable bonds is 8. The summed E-state index contributed by atoms with van der Waals surface area (Å²) in [5, 5.41) is 0. The topological polar surface area (TPSA) is 71.5 Å². The zero-order chi connectivity index (χ0) is 19.3. The molecule has 1 aromatic carbocycles. The number of methoxy groups -OCH3 is 1. The Hall–Kier alpha value is -2.28. The molecular weight excluding hydrogens is 350 g/mol. The standard InChI is InChI=1S/C19H27N3O3S/c1-6-7-10-22(4)19-9-8-16(13-20-19)21-26(23,24)18-12-14(2)17(25-5)11-15(18)3/h8-9,11-13,21H,6-7,10H2,1-5H3. The monoisotopic (exact) mass is 377 g/mol. The number of nitrogens with zero attached hydrogens (tertiary/aromatic N) is 2. The number of aromatic nitrogens is 1. The average Bonchev–Trinajstić information content (AvgIpc) is 2.61. The fourth-order valence-corrected chi connectivity index (χ4v) is 4.02. The summed E-state index contributed by atoms with van der Waals surface area (Å²) in [6.45, 7) is 6.63. The van der Waals surface area contributed by atoms with E-state index in [0.29, 0.717) is 17.0 Å². The van der Waals surface area contributed by atoms with Crippen molar-refractivity contribution in [2.45, 2.75) is 38.5 Å². The molecule has 0 radical (unpaired) electrons. The van der Waals surface area contributed by atoms with E-state index in [2.05, 4.69) is 21.5 Å². The van der Waals surface area contributed by atoms with Crippen molar-refractivity contribution in [2.75, 3.05) is 30.3 Å². The molecular formula is C19H27N3O3S. The minimum atomic E-state index is -3.70. The minimum Gasteiger partial charge on any atom is -0.496 e. The van der Waals surface area contributed by atoms with Crippen molar-refractivity contribution in [1.29, 1.82) is 0 Å². The van der Waals surface area contributed by atoms with Crippen molar-refractivity contribution >= 4 is 21.5 Å². The van der Waals surface area contributed by atoms with Crippen LogP contribution in [0.1, 0.15) is 30.9 Å². The molecule has 0 aliphatic carbocycles. The zero-order valence-electron chi connectivity index (χ0n) is 16.0. The largest absolute Gasteiger partial charge is 0.496 e. The summed E-state index contributed by atoms with van der Waals surface area (Å²) in [7, 11) is -0.152. The van der Waals surface area contributed by atoms with Crippen molar-refractivity contribution in [2.24, 2.45) is 0 Å². The van der Waals surface area contributed by atoms with E-state index < -0.39 is 10.0 Å². The number of benzene rings is 1. The van der Waals surface area contributed by atoms with Crippen LogP contribution in [0.25, 0.3) is 0 Å². The van der Waals surface area contributed by atoms with E-state index in [9.17, 15) is 8.42 Å². The van der Waals surface area contributed by atoms with Gasteiger partial charge in [0.2, 0.25) is 0 Å². The highest BCUT2D eigenvalue weighted by molar-refractivity contribution is 7.92. The first-order valence-corrected chi connectivity index (χ1v) is 10.1. The number of ether oxygens (including phenoxy) is 1. The number of anilines is 2. The summed E-state index contributed by atoms with van der Waals surface area (Å²) in [5.74, 6) is 1.49. The predicted octanol–water partition coefficient (Wildman–Crippen LogP) is 3.74. The number of hydrogen-bond acceptors (Lipinski definition) is 5. The van der Waals surface area contributed by atoms with Crippen molar-refractivity contribution in [3.8, 4) is 5.75 Å². The van der Waals surface area contributed by atoms with Crippen molar-refractivity contribution in [3.63, 3.8) is 0 Å². The molecule has 0 aliphatic rings. The molecule has 0 amide bonds. The molecule has 142 valence electrons. The second-order valence-corrected chi connectivity index (χ2v) is 8.02. The summed E-state index contributed by atoms with van der Waals surface area (Å²) in [4.78, 5) is 6.65. The molecule has 0 saturated carbocycles. The molecule has 0 bridgehead atoms. The number of pyridine rings is 1. The molecule has 0 atom stereocenters. The Morgan fingerprint density at radius 1 is 1.19 bits per heavy atom. The summed E-state index contributed by atoms with van der Waals surface area (Å²) in [6, 6.07) is 6.90. The number of unbranched alkanes of at least 4 members (excludes halogenated alkanes) is 1. The van der Waals surface area contributed by atoms with Gasteiger partial charge in [0.15, 0.2) is 0 Å². The van der Waals surface area contributed by atoms with Gasteiger partial charge in [0.05, 0.1) is 23.9 Å². The fraction of sp³-hybridized carbons (Fsp3) is 0.421. The van der Waals surface area contributed by atoms with Gasteiger partial charge in [-0.15, -0.1) is 0 Å². The van der Waals surface area contributed by atoms with Gasteiger partial charge in [-0.25, -0.2) is 13.4 Å². The van der Waals surface area contributed by atoms with Crippen LogP contribution in [0.2, 0.25) is 0 Å². The van der Waals surface area contributed by atoms with E-state index in [0.717, 1.165) is 30.8 Å². The third-order valence-electron chi connectivity index (χ3n) is 4.22. The minimum absolute atomic E-state index is 0.236. The van der Waals surface area contributed by atoms with E-state index in [1.807, 2.05) is 20.0 Å². The van der Waals surface area contributed by atoms with Gasteiger partial charge in [-0.1, -0.05) is 13.3 Å². The second kappa shape index (κ2) is 8.40. The Labute approximate surface area is 156 Å². The van der Waals surface area contributed by atoms with Crippen LogP contribution in [0.5, 0.6) is 5.75 Å². The van der Waals surface area contributed by atoms with Crippen LogP contribution in [0.15, 0.2) is 35.4 Å². The van der Waals surface area contributed by atoms with Crippen LogP contribution < -0.4 is 14.4 Å². The van der Waals surface area contributed by atoms with Crippen LogP contribution in [-0.2, 0) is 10.0 Å². The third kappa shape index (κ3) is 4.66. The van der Waals surface area contributed by atoms with Gasteiger partial charge >= 0.3 is 0 Å². The van der Waals surface area contributed by atoms with E-state index >= 15 is 0 Å². The van der Waals surface area contributed by atoms with Crippen LogP contribution in [0, 0.1) is 13.8 Å². The lowest BCUT2D eigenvalue weighted by Gasteiger charge is -2.18. The maximum Gasteiger partial charge on any atom is 0.262 e. The van der Waals surface area contributed by atoms with Crippen molar-refractivity contribution in [1.82, 2.24) is 4.98 Å². The lowest BCUT2D eigenvalue weighted by Crippen LogP contribution is -2.20. The average molecular weight is 378 g/mol. The fourth-order valence-electron chi connectivity index (χ4n) is 2.66. The molecule has 1 N–H and O–H groups in total. The number of sulfonamides is 1. The van der Waals surface area contributed by atoms with Crippen LogP contribution in [0.4, 0.5) is 11.5 Å². The van der Waals surface area contributed by atoms with Crippen molar-refractivity contribution in [3.05, 3.63) is 41.6 Å². The molecule has 0 unspecified atom stereocenters. The molecule has 0 aliphatic heterocycles. The van der Waals surface area contributed by atoms with Gasteiger partial charge in [-0.05, 0) is 55.7 Å². The molecule has 1 heterocycles. The molecule has 0 fully saturated rings. The molecule has 0 saturated heterocycles. The molecule has 6 nitrogen and oxygen atoms in total. The lowest BCUT2D eigenvalue weighted by molar-refractivity contribution is 0.411. The summed E-state index contributed by atoms with van der Waals surface area (Å²) < 4.78 is 33.3. The molecule has 1 aromatic heterocycles. The Balaban J connectivity index is 2.21. The Morgan fingerprint density at radius 2 is 1.92 bits per heavy atom. The first-order chi connectivity index (χ1) is 12.3. The Bertz CT molecular complexity index is 849. The van der Waals surface area contributed by atoms with Crippen LogP contribution in [0.3, 0.4) is 0 Å². The summed E-state index contributed by atoms with van der Waals surface area (Å²) >= 11 is 0. The first kappa shape index (κ1) is 20.0. The maximum absolute atomic E-state index is 12.7. The predicted molar refractivity (Wildman–Crippen MR) is 106 cm³/mol. The molecule has 2 aromatic rings. The van der Waals surface area contributed by atoms with Gasteiger partial charge in [0.1, 0.15) is 11.6 Å². The van der Waals surface area contributed by atoms with E-state index in [-0.39, 0.29) is 4.90 Å². The molecule has 26 heavy (non-hydrogen) atoms. The van der Waals surface area contributed by atoms with Crippen LogP contribution in [-0.4, -0.2) is 34.1 Å². The number of hydrogen-bond donors (Lipinski definition) is 1. The summed E-state index contributed by atoms with van der Waals surface area (Å²) in [5.41, 5.74) is 1.83. The zero-order valence-corrected chi connectivity index (χ0v) is 16.9. The van der Waals surface area contributed by atoms with E-state index in [1.165, 1.54) is 0 Å². The number of nitrogens with one attached hydrogen (secondary N) is 1. The SMILES string of the molecule is CCCCN(C)c1ccc(NS(=O)(=O)c2cc(C)c(OC)cc2C)cn1. The quantitative estimate of drug-likeness (QED) is 0.759. The van der Waals surface area contributed by atoms with Gasteiger partial charge in [0.25, 0.3) is 10.0 Å². The maximum atomic E-state index is 12.7. The van der Waals surface area contributed by atoms with Crippen molar-refractivity contribution < 1.29 is 13.2 Å². The normalized spacial score (nSPS) is 11.3. The second-order valence-electron chi connectivity index (χ2n) is 6.37.